The van der Waals surface area contributed by atoms with Gasteiger partial charge in [-0.15, -0.1) is 0 Å². The number of aromatic nitrogens is 1. The highest BCUT2D eigenvalue weighted by Crippen LogP contribution is 2.50. The molecule has 0 spiro atoms. The predicted molar refractivity (Wildman–Crippen MR) is 119 cm³/mol. The Morgan fingerprint density at radius 2 is 2.03 bits per heavy atom. The Morgan fingerprint density at radius 3 is 2.84 bits per heavy atom. The summed E-state index contributed by atoms with van der Waals surface area (Å²) in [6, 6.07) is 15.5. The van der Waals surface area contributed by atoms with E-state index in [-0.39, 0.29) is 11.8 Å². The Morgan fingerprint density at radius 1 is 1.23 bits per heavy atom. The zero-order valence-corrected chi connectivity index (χ0v) is 18.0. The Hall–Kier alpha value is -2.99. The van der Waals surface area contributed by atoms with E-state index in [0.29, 0.717) is 31.0 Å². The van der Waals surface area contributed by atoms with Gasteiger partial charge in [0, 0.05) is 42.2 Å². The largest absolute Gasteiger partial charge is 0.468 e. The molecule has 5 rings (SSSR count). The highest BCUT2D eigenvalue weighted by Gasteiger charge is 2.55. The maximum atomic E-state index is 13.4. The van der Waals surface area contributed by atoms with Crippen molar-refractivity contribution >= 4 is 34.3 Å². The van der Waals surface area contributed by atoms with Crippen LogP contribution < -0.4 is 10.5 Å². The lowest BCUT2D eigenvalue weighted by Gasteiger charge is -2.52. The molecule has 2 aliphatic heterocycles. The van der Waals surface area contributed by atoms with Gasteiger partial charge in [-0.2, -0.15) is 0 Å². The van der Waals surface area contributed by atoms with Gasteiger partial charge in [0.1, 0.15) is 11.7 Å². The molecule has 1 saturated heterocycles. The second-order valence-corrected chi connectivity index (χ2v) is 9.00. The van der Waals surface area contributed by atoms with Crippen molar-refractivity contribution in [3.8, 4) is 5.75 Å². The zero-order valence-electron chi connectivity index (χ0n) is 17.3. The van der Waals surface area contributed by atoms with Gasteiger partial charge in [0.05, 0.1) is 0 Å². The average molecular weight is 438 g/mol. The summed E-state index contributed by atoms with van der Waals surface area (Å²) in [5.41, 5.74) is 6.83. The monoisotopic (exact) mass is 437 g/mol. The lowest BCUT2D eigenvalue weighted by molar-refractivity contribution is -0.175. The van der Waals surface area contributed by atoms with Crippen molar-refractivity contribution in [3.63, 3.8) is 0 Å². The third-order valence-electron chi connectivity index (χ3n) is 6.58. The number of carbonyl (C=O) groups is 2. The van der Waals surface area contributed by atoms with Crippen molar-refractivity contribution in [2.24, 2.45) is 11.7 Å². The smallest absolute Gasteiger partial charge is 0.238 e. The topological polar surface area (TPSA) is 77.6 Å². The van der Waals surface area contributed by atoms with E-state index in [4.69, 9.17) is 22.1 Å². The molecule has 2 N–H and O–H groups in total. The predicted octanol–water partition coefficient (Wildman–Crippen LogP) is 3.91. The maximum Gasteiger partial charge on any atom is 0.238 e. The van der Waals surface area contributed by atoms with Crippen LogP contribution in [-0.4, -0.2) is 33.6 Å². The number of rotatable bonds is 5. The standard InChI is InChI=1S/C24H24ClN3O3/c1-24-14-18(17-5-2-3-6-20(17)31-24)21(22(26)29)23(30)28(24)11-4-10-27-12-9-15-7-8-16(25)13-19(15)27/h2-3,5-9,12-13,18,21H,4,10-11,14H2,1H3,(H2,26,29)/t18-,21+,24-/m0/s1. The Kier molecular flexibility index (Phi) is 4.70. The number of likely N-dealkylation sites (tertiary alicyclic amines) is 1. The van der Waals surface area contributed by atoms with Crippen LogP contribution in [0, 0.1) is 5.92 Å². The van der Waals surface area contributed by atoms with Gasteiger partial charge in [-0.1, -0.05) is 35.9 Å². The molecule has 2 aliphatic rings. The summed E-state index contributed by atoms with van der Waals surface area (Å²) in [6.07, 6.45) is 3.28. The first-order valence-electron chi connectivity index (χ1n) is 10.5. The average Bonchev–Trinajstić information content (AvgIpc) is 3.12. The SMILES string of the molecule is C[C@@]12C[C@@H](c3ccccc3O1)[C@H](C(N)=O)C(=O)N2CCCn1ccc2ccc(Cl)cc21. The molecule has 0 aliphatic carbocycles. The fraction of sp³-hybridized carbons (Fsp3) is 0.333. The molecule has 3 atom stereocenters. The minimum atomic E-state index is -0.871. The van der Waals surface area contributed by atoms with E-state index in [1.807, 2.05) is 61.7 Å². The fourth-order valence-electron chi connectivity index (χ4n) is 5.13. The number of nitrogens with zero attached hydrogens (tertiary/aromatic N) is 2. The minimum absolute atomic E-state index is 0.249. The molecular weight excluding hydrogens is 414 g/mol. The summed E-state index contributed by atoms with van der Waals surface area (Å²) in [5, 5.41) is 1.81. The molecule has 2 amide bonds. The van der Waals surface area contributed by atoms with Crippen LogP contribution in [0.25, 0.3) is 10.9 Å². The van der Waals surface area contributed by atoms with Crippen molar-refractivity contribution < 1.29 is 14.3 Å². The number of halogens is 1. The summed E-state index contributed by atoms with van der Waals surface area (Å²) >= 11 is 6.16. The van der Waals surface area contributed by atoms with Crippen LogP contribution >= 0.6 is 11.6 Å². The number of benzene rings is 2. The normalized spacial score (nSPS) is 24.7. The Balaban J connectivity index is 1.40. The first-order chi connectivity index (χ1) is 14.9. The van der Waals surface area contributed by atoms with Crippen LogP contribution in [0.15, 0.2) is 54.7 Å². The number of ether oxygens (including phenoxy) is 1. The molecule has 1 fully saturated rings. The van der Waals surface area contributed by atoms with Gasteiger partial charge >= 0.3 is 0 Å². The summed E-state index contributed by atoms with van der Waals surface area (Å²) in [7, 11) is 0. The number of primary amides is 1. The van der Waals surface area contributed by atoms with Gasteiger partial charge in [-0.05, 0) is 48.6 Å². The van der Waals surface area contributed by atoms with E-state index in [1.165, 1.54) is 0 Å². The molecule has 0 saturated carbocycles. The number of nitrogens with two attached hydrogens (primary N) is 1. The van der Waals surface area contributed by atoms with Gasteiger partial charge in [-0.3, -0.25) is 9.59 Å². The molecule has 6 nitrogen and oxygen atoms in total. The highest BCUT2D eigenvalue weighted by molar-refractivity contribution is 6.31. The number of amides is 2. The van der Waals surface area contributed by atoms with Crippen molar-refractivity contribution in [2.75, 3.05) is 6.54 Å². The van der Waals surface area contributed by atoms with Crippen molar-refractivity contribution in [1.29, 1.82) is 0 Å². The third kappa shape index (κ3) is 3.26. The van der Waals surface area contributed by atoms with Gasteiger partial charge in [0.25, 0.3) is 0 Å². The van der Waals surface area contributed by atoms with E-state index >= 15 is 0 Å². The van der Waals surface area contributed by atoms with Gasteiger partial charge in [0.2, 0.25) is 11.8 Å². The minimum Gasteiger partial charge on any atom is -0.468 e. The van der Waals surface area contributed by atoms with Crippen LogP contribution in [-0.2, 0) is 16.1 Å². The maximum absolute atomic E-state index is 13.4. The summed E-state index contributed by atoms with van der Waals surface area (Å²) in [4.78, 5) is 27.3. The van der Waals surface area contributed by atoms with Crippen LogP contribution in [0.5, 0.6) is 5.75 Å². The Labute approximate surface area is 185 Å². The number of fused-ring (bicyclic) bond motifs is 5. The molecule has 31 heavy (non-hydrogen) atoms. The number of carbonyl (C=O) groups excluding carboxylic acids is 2. The van der Waals surface area contributed by atoms with E-state index in [0.717, 1.165) is 22.2 Å². The number of hydrogen-bond donors (Lipinski definition) is 1. The Bertz CT molecular complexity index is 1190. The van der Waals surface area contributed by atoms with E-state index < -0.39 is 17.6 Å². The number of hydrogen-bond acceptors (Lipinski definition) is 3. The molecular formula is C24H24ClN3O3. The number of para-hydroxylation sites is 1. The number of piperidine rings is 1. The third-order valence-corrected chi connectivity index (χ3v) is 6.81. The van der Waals surface area contributed by atoms with Gasteiger partial charge in [-0.25, -0.2) is 0 Å². The van der Waals surface area contributed by atoms with Crippen molar-refractivity contribution in [1.82, 2.24) is 9.47 Å². The second kappa shape index (κ2) is 7.31. The molecule has 1 aromatic heterocycles. The lowest BCUT2D eigenvalue weighted by Crippen LogP contribution is -2.64. The van der Waals surface area contributed by atoms with Crippen LogP contribution in [0.4, 0.5) is 0 Å². The molecule has 2 aromatic carbocycles. The molecule has 160 valence electrons. The lowest BCUT2D eigenvalue weighted by atomic mass is 9.73. The molecule has 0 radical (unpaired) electrons. The molecule has 3 heterocycles. The highest BCUT2D eigenvalue weighted by atomic mass is 35.5. The van der Waals surface area contributed by atoms with Gasteiger partial charge in [0.15, 0.2) is 5.72 Å². The zero-order chi connectivity index (χ0) is 21.8. The molecule has 0 unspecified atom stereocenters. The van der Waals surface area contributed by atoms with Crippen molar-refractivity contribution in [2.45, 2.75) is 38.0 Å². The molecule has 2 bridgehead atoms. The van der Waals surface area contributed by atoms with Crippen LogP contribution in [0.1, 0.15) is 31.2 Å². The van der Waals surface area contributed by atoms with E-state index in [1.54, 1.807) is 4.90 Å². The van der Waals surface area contributed by atoms with Crippen molar-refractivity contribution in [3.05, 3.63) is 65.3 Å². The summed E-state index contributed by atoms with van der Waals surface area (Å²) in [6.45, 7) is 3.11. The second-order valence-electron chi connectivity index (χ2n) is 8.56. The first kappa shape index (κ1) is 19.9. The molecule has 3 aromatic rings. The van der Waals surface area contributed by atoms with E-state index in [9.17, 15) is 9.59 Å². The van der Waals surface area contributed by atoms with E-state index in [2.05, 4.69) is 4.57 Å². The summed E-state index contributed by atoms with van der Waals surface area (Å²) in [5.74, 6) is -1.24. The van der Waals surface area contributed by atoms with Gasteiger partial charge < -0.3 is 19.9 Å². The van der Waals surface area contributed by atoms with Crippen LogP contribution in [0.3, 0.4) is 0 Å². The molecule has 7 heteroatoms. The fourth-order valence-corrected chi connectivity index (χ4v) is 5.30. The summed E-state index contributed by atoms with van der Waals surface area (Å²) < 4.78 is 8.43. The first-order valence-corrected chi connectivity index (χ1v) is 10.9. The number of aryl methyl sites for hydroxylation is 1. The quantitative estimate of drug-likeness (QED) is 0.615. The van der Waals surface area contributed by atoms with Crippen LogP contribution in [0.2, 0.25) is 5.02 Å².